The molecule has 1 aromatic carbocycles. The third-order valence-electron chi connectivity index (χ3n) is 5.57. The number of benzene rings is 1. The van der Waals surface area contributed by atoms with Gasteiger partial charge in [-0.1, -0.05) is 22.9 Å². The summed E-state index contributed by atoms with van der Waals surface area (Å²) in [5.74, 6) is -0.417. The molecule has 2 aromatic rings. The maximum Gasteiger partial charge on any atom is 0.409 e. The number of fused-ring (bicyclic) bond motifs is 2. The fourth-order valence-corrected chi connectivity index (χ4v) is 6.15. The Morgan fingerprint density at radius 3 is 2.94 bits per heavy atom. The number of amides is 3. The molecule has 4 rings (SSSR count). The van der Waals surface area contributed by atoms with Crippen LogP contribution in [0.5, 0.6) is 0 Å². The number of urea groups is 1. The van der Waals surface area contributed by atoms with Crippen molar-refractivity contribution in [3.8, 4) is 0 Å². The first-order valence-corrected chi connectivity index (χ1v) is 12.0. The van der Waals surface area contributed by atoms with Crippen LogP contribution in [0, 0.1) is 0 Å². The Balaban J connectivity index is 1.50. The molecule has 2 N–H and O–H groups in total. The minimum atomic E-state index is -0.852. The van der Waals surface area contributed by atoms with E-state index in [2.05, 4.69) is 10.3 Å². The van der Waals surface area contributed by atoms with E-state index in [-0.39, 0.29) is 18.5 Å². The highest BCUT2D eigenvalue weighted by molar-refractivity contribution is 8.01. The Morgan fingerprint density at radius 2 is 2.19 bits per heavy atom. The molecule has 170 valence electrons. The summed E-state index contributed by atoms with van der Waals surface area (Å²) in [6, 6.07) is 5.11. The highest BCUT2D eigenvalue weighted by Crippen LogP contribution is 2.47. The molecule has 0 bridgehead atoms. The Bertz CT molecular complexity index is 1060. The van der Waals surface area contributed by atoms with E-state index in [9.17, 15) is 14.4 Å². The van der Waals surface area contributed by atoms with E-state index in [4.69, 9.17) is 21.4 Å². The number of hydrogen-bond donors (Lipinski definition) is 2. The van der Waals surface area contributed by atoms with Crippen molar-refractivity contribution in [1.82, 2.24) is 9.88 Å². The summed E-state index contributed by atoms with van der Waals surface area (Å²) in [4.78, 5) is 43.4. The summed E-state index contributed by atoms with van der Waals surface area (Å²) in [5, 5.41) is 12.6. The molecule has 3 heterocycles. The number of aliphatic carboxylic acids is 1. The SMILES string of the molecule is COC(=O)N1CCC2(C1)CN(C(=O)Nc1ncc(SCCC(=O)O)s1)c1ccc(Cl)cc12. The molecule has 1 atom stereocenters. The van der Waals surface area contributed by atoms with Crippen LogP contribution in [0.1, 0.15) is 18.4 Å². The predicted octanol–water partition coefficient (Wildman–Crippen LogP) is 4.13. The first-order chi connectivity index (χ1) is 15.3. The molecule has 3 amide bonds. The van der Waals surface area contributed by atoms with Crippen LogP contribution in [-0.4, -0.2) is 65.6 Å². The van der Waals surface area contributed by atoms with Gasteiger partial charge in [0.1, 0.15) is 0 Å². The van der Waals surface area contributed by atoms with Crippen LogP contribution in [0.4, 0.5) is 20.4 Å². The second kappa shape index (κ2) is 9.16. The molecule has 32 heavy (non-hydrogen) atoms. The van der Waals surface area contributed by atoms with Crippen LogP contribution in [0.3, 0.4) is 0 Å². The number of likely N-dealkylation sites (tertiary alicyclic amines) is 1. The van der Waals surface area contributed by atoms with Gasteiger partial charge in [-0.15, -0.1) is 11.8 Å². The molecule has 2 aliphatic heterocycles. The number of halogens is 1. The maximum atomic E-state index is 13.1. The van der Waals surface area contributed by atoms with Gasteiger partial charge in [0.05, 0.1) is 23.9 Å². The first kappa shape index (κ1) is 22.7. The molecule has 9 nitrogen and oxygen atoms in total. The number of ether oxygens (including phenoxy) is 1. The fourth-order valence-electron chi connectivity index (χ4n) is 4.11. The number of anilines is 2. The zero-order valence-electron chi connectivity index (χ0n) is 17.2. The van der Waals surface area contributed by atoms with Gasteiger partial charge >= 0.3 is 18.1 Å². The van der Waals surface area contributed by atoms with Crippen LogP contribution >= 0.6 is 34.7 Å². The lowest BCUT2D eigenvalue weighted by atomic mass is 9.81. The van der Waals surface area contributed by atoms with Gasteiger partial charge in [0.15, 0.2) is 5.13 Å². The molecule has 1 unspecified atom stereocenters. The van der Waals surface area contributed by atoms with Gasteiger partial charge in [0.2, 0.25) is 0 Å². The van der Waals surface area contributed by atoms with Crippen molar-refractivity contribution in [2.45, 2.75) is 22.5 Å². The standard InChI is InChI=1S/C20H21ClN4O5S2/c1-30-19(29)24-6-5-20(10-24)11-25(14-3-2-12(21)8-13(14)20)18(28)23-17-22-9-16(32-17)31-7-4-15(26)27/h2-3,8-9H,4-7,10-11H2,1H3,(H,26,27)(H,22,23,28). The van der Waals surface area contributed by atoms with Crippen molar-refractivity contribution in [2.24, 2.45) is 0 Å². The van der Waals surface area contributed by atoms with Gasteiger partial charge in [-0.05, 0) is 30.2 Å². The molecule has 2 aliphatic rings. The smallest absolute Gasteiger partial charge is 0.409 e. The molecule has 12 heteroatoms. The van der Waals surface area contributed by atoms with Gasteiger partial charge in [-0.3, -0.25) is 15.0 Å². The number of methoxy groups -OCH3 is 1. The van der Waals surface area contributed by atoms with Crippen molar-refractivity contribution in [1.29, 1.82) is 0 Å². The maximum absolute atomic E-state index is 13.1. The summed E-state index contributed by atoms with van der Waals surface area (Å²) in [5.41, 5.74) is 1.29. The van der Waals surface area contributed by atoms with E-state index < -0.39 is 11.4 Å². The molecule has 0 saturated carbocycles. The highest BCUT2D eigenvalue weighted by Gasteiger charge is 2.50. The Hall–Kier alpha value is -2.50. The Morgan fingerprint density at radius 1 is 1.38 bits per heavy atom. The van der Waals surface area contributed by atoms with Crippen LogP contribution in [0.25, 0.3) is 0 Å². The number of rotatable bonds is 5. The molecule has 0 radical (unpaired) electrons. The van der Waals surface area contributed by atoms with E-state index in [1.165, 1.54) is 30.2 Å². The largest absolute Gasteiger partial charge is 0.481 e. The number of thioether (sulfide) groups is 1. The predicted molar refractivity (Wildman–Crippen MR) is 123 cm³/mol. The molecule has 1 saturated heterocycles. The number of carbonyl (C=O) groups is 3. The minimum absolute atomic E-state index is 0.0576. The van der Waals surface area contributed by atoms with Crippen LogP contribution in [0.15, 0.2) is 28.6 Å². The van der Waals surface area contributed by atoms with E-state index >= 15 is 0 Å². The number of carboxylic acids is 1. The van der Waals surface area contributed by atoms with Crippen LogP contribution < -0.4 is 10.2 Å². The topological polar surface area (TPSA) is 112 Å². The molecule has 1 aromatic heterocycles. The van der Waals surface area contributed by atoms with Crippen LogP contribution in [0.2, 0.25) is 5.02 Å². The third-order valence-corrected chi connectivity index (χ3v) is 7.92. The molecule has 1 spiro atoms. The fraction of sp³-hybridized carbons (Fsp3) is 0.400. The zero-order chi connectivity index (χ0) is 22.9. The molecule has 0 aliphatic carbocycles. The number of carboxylic acid groups (broad SMARTS) is 1. The summed E-state index contributed by atoms with van der Waals surface area (Å²) < 4.78 is 5.70. The van der Waals surface area contributed by atoms with Gasteiger partial charge in [-0.25, -0.2) is 14.6 Å². The highest BCUT2D eigenvalue weighted by atomic mass is 35.5. The lowest BCUT2D eigenvalue weighted by Gasteiger charge is -2.25. The van der Waals surface area contributed by atoms with Crippen molar-refractivity contribution in [3.05, 3.63) is 35.0 Å². The molecular formula is C20H21ClN4O5S2. The average Bonchev–Trinajstić information content (AvgIpc) is 3.46. The van der Waals surface area contributed by atoms with Crippen molar-refractivity contribution in [2.75, 3.05) is 42.7 Å². The summed E-state index contributed by atoms with van der Waals surface area (Å²) >= 11 is 8.94. The second-order valence-corrected chi connectivity index (χ2v) is 10.4. The lowest BCUT2D eigenvalue weighted by Crippen LogP contribution is -2.41. The van der Waals surface area contributed by atoms with Crippen molar-refractivity contribution in [3.63, 3.8) is 0 Å². The van der Waals surface area contributed by atoms with Gasteiger partial charge in [0.25, 0.3) is 0 Å². The second-order valence-electron chi connectivity index (χ2n) is 7.58. The number of nitrogens with zero attached hydrogens (tertiary/aromatic N) is 3. The number of carbonyl (C=O) groups excluding carboxylic acids is 2. The average molecular weight is 497 g/mol. The van der Waals surface area contributed by atoms with Crippen molar-refractivity contribution < 1.29 is 24.2 Å². The van der Waals surface area contributed by atoms with E-state index in [1.807, 2.05) is 12.1 Å². The summed E-state index contributed by atoms with van der Waals surface area (Å²) in [6.45, 7) is 1.39. The number of hydrogen-bond acceptors (Lipinski definition) is 7. The molecular weight excluding hydrogens is 476 g/mol. The van der Waals surface area contributed by atoms with Gasteiger partial charge in [0, 0.05) is 41.5 Å². The number of aromatic nitrogens is 1. The van der Waals surface area contributed by atoms with E-state index in [0.29, 0.717) is 42.0 Å². The Labute approximate surface area is 197 Å². The minimum Gasteiger partial charge on any atom is -0.481 e. The summed E-state index contributed by atoms with van der Waals surface area (Å²) in [6.07, 6.45) is 1.99. The lowest BCUT2D eigenvalue weighted by molar-refractivity contribution is -0.136. The normalized spacial score (nSPS) is 19.3. The number of nitrogens with one attached hydrogen (secondary N) is 1. The van der Waals surface area contributed by atoms with Gasteiger partial charge < -0.3 is 14.7 Å². The van der Waals surface area contributed by atoms with E-state index in [1.54, 1.807) is 22.1 Å². The molecule has 1 fully saturated rings. The number of thiazole rings is 1. The quantitative estimate of drug-likeness (QED) is 0.598. The third kappa shape index (κ3) is 4.50. The van der Waals surface area contributed by atoms with Crippen molar-refractivity contribution >= 4 is 63.6 Å². The van der Waals surface area contributed by atoms with Crippen LogP contribution in [-0.2, 0) is 14.9 Å². The zero-order valence-corrected chi connectivity index (χ0v) is 19.6. The Kier molecular flexibility index (Phi) is 6.50. The first-order valence-electron chi connectivity index (χ1n) is 9.83. The van der Waals surface area contributed by atoms with Gasteiger partial charge in [-0.2, -0.15) is 0 Å². The van der Waals surface area contributed by atoms with E-state index in [0.717, 1.165) is 15.5 Å². The summed E-state index contributed by atoms with van der Waals surface area (Å²) in [7, 11) is 1.36. The monoisotopic (exact) mass is 496 g/mol.